The average molecular weight is 357 g/mol. The van der Waals surface area contributed by atoms with Crippen LogP contribution in [0.4, 0.5) is 10.3 Å². The van der Waals surface area contributed by atoms with Gasteiger partial charge in [0.15, 0.2) is 0 Å². The Balaban J connectivity index is 1.56. The second kappa shape index (κ2) is 8.71. The number of hydrogen-bond donors (Lipinski definition) is 1. The van der Waals surface area contributed by atoms with Crippen LogP contribution >= 0.6 is 0 Å². The van der Waals surface area contributed by atoms with Gasteiger partial charge in [0, 0.05) is 38.9 Å². The van der Waals surface area contributed by atoms with E-state index in [1.165, 1.54) is 6.07 Å². The van der Waals surface area contributed by atoms with Gasteiger partial charge in [0.25, 0.3) is 5.91 Å². The SMILES string of the molecule is CCN1CCN(c2nccc(C(=O)NCCc3ccccc3F)n2)CC1. The lowest BCUT2D eigenvalue weighted by Crippen LogP contribution is -2.46. The van der Waals surface area contributed by atoms with E-state index < -0.39 is 0 Å². The van der Waals surface area contributed by atoms with Crippen molar-refractivity contribution in [3.63, 3.8) is 0 Å². The van der Waals surface area contributed by atoms with E-state index in [1.54, 1.807) is 30.5 Å². The lowest BCUT2D eigenvalue weighted by atomic mass is 10.1. The molecule has 1 fully saturated rings. The fraction of sp³-hybridized carbons (Fsp3) is 0.421. The van der Waals surface area contributed by atoms with Gasteiger partial charge in [-0.3, -0.25) is 4.79 Å². The summed E-state index contributed by atoms with van der Waals surface area (Å²) >= 11 is 0. The fourth-order valence-electron chi connectivity index (χ4n) is 2.99. The van der Waals surface area contributed by atoms with Crippen molar-refractivity contribution in [2.45, 2.75) is 13.3 Å². The molecule has 1 aromatic heterocycles. The van der Waals surface area contributed by atoms with E-state index in [1.807, 2.05) is 0 Å². The molecule has 0 bridgehead atoms. The van der Waals surface area contributed by atoms with Gasteiger partial charge in [0.2, 0.25) is 5.95 Å². The molecular formula is C19H24FN5O. The molecule has 1 N–H and O–H groups in total. The first-order valence-electron chi connectivity index (χ1n) is 8.99. The summed E-state index contributed by atoms with van der Waals surface area (Å²) in [5.41, 5.74) is 0.923. The Labute approximate surface area is 153 Å². The van der Waals surface area contributed by atoms with Gasteiger partial charge in [-0.2, -0.15) is 0 Å². The van der Waals surface area contributed by atoms with Crippen molar-refractivity contribution in [3.8, 4) is 0 Å². The molecule has 0 aliphatic carbocycles. The number of likely N-dealkylation sites (N-methyl/N-ethyl adjacent to an activating group) is 1. The number of carbonyl (C=O) groups is 1. The summed E-state index contributed by atoms with van der Waals surface area (Å²) in [5.74, 6) is 0.0667. The number of piperazine rings is 1. The minimum Gasteiger partial charge on any atom is -0.350 e. The Morgan fingerprint density at radius 2 is 1.96 bits per heavy atom. The smallest absolute Gasteiger partial charge is 0.270 e. The van der Waals surface area contributed by atoms with Gasteiger partial charge in [-0.1, -0.05) is 25.1 Å². The van der Waals surface area contributed by atoms with Gasteiger partial charge in [-0.25, -0.2) is 14.4 Å². The van der Waals surface area contributed by atoms with Crippen molar-refractivity contribution in [1.82, 2.24) is 20.2 Å². The number of anilines is 1. The highest BCUT2D eigenvalue weighted by molar-refractivity contribution is 5.92. The third kappa shape index (κ3) is 4.54. The van der Waals surface area contributed by atoms with E-state index in [-0.39, 0.29) is 11.7 Å². The number of amides is 1. The molecule has 1 aliphatic heterocycles. The Kier molecular flexibility index (Phi) is 6.12. The van der Waals surface area contributed by atoms with Crippen molar-refractivity contribution in [1.29, 1.82) is 0 Å². The third-order valence-corrected chi connectivity index (χ3v) is 4.62. The highest BCUT2D eigenvalue weighted by atomic mass is 19.1. The number of nitrogens with one attached hydrogen (secondary N) is 1. The number of hydrogen-bond acceptors (Lipinski definition) is 5. The van der Waals surface area contributed by atoms with Crippen molar-refractivity contribution < 1.29 is 9.18 Å². The van der Waals surface area contributed by atoms with Crippen LogP contribution in [-0.4, -0.2) is 60.0 Å². The molecule has 7 heteroatoms. The number of carbonyl (C=O) groups excluding carboxylic acids is 1. The zero-order valence-electron chi connectivity index (χ0n) is 15.0. The summed E-state index contributed by atoms with van der Waals surface area (Å²) in [6, 6.07) is 8.19. The molecule has 2 heterocycles. The Hall–Kier alpha value is -2.54. The van der Waals surface area contributed by atoms with Gasteiger partial charge < -0.3 is 15.1 Å². The zero-order chi connectivity index (χ0) is 18.4. The molecule has 0 saturated carbocycles. The van der Waals surface area contributed by atoms with Crippen LogP contribution in [-0.2, 0) is 6.42 Å². The van der Waals surface area contributed by atoms with Crippen molar-refractivity contribution in [2.24, 2.45) is 0 Å². The monoisotopic (exact) mass is 357 g/mol. The fourth-order valence-corrected chi connectivity index (χ4v) is 2.99. The first-order valence-corrected chi connectivity index (χ1v) is 8.99. The number of benzene rings is 1. The molecule has 0 unspecified atom stereocenters. The third-order valence-electron chi connectivity index (χ3n) is 4.62. The van der Waals surface area contributed by atoms with Crippen LogP contribution in [0, 0.1) is 5.82 Å². The van der Waals surface area contributed by atoms with Crippen LogP contribution in [0.15, 0.2) is 36.5 Å². The number of aromatic nitrogens is 2. The topological polar surface area (TPSA) is 61.4 Å². The molecule has 2 aromatic rings. The summed E-state index contributed by atoms with van der Waals surface area (Å²) in [6.45, 7) is 7.20. The lowest BCUT2D eigenvalue weighted by molar-refractivity contribution is 0.0949. The number of rotatable bonds is 6. The van der Waals surface area contributed by atoms with Crippen LogP contribution < -0.4 is 10.2 Å². The normalized spacial score (nSPS) is 15.1. The molecule has 0 radical (unpaired) electrons. The first-order chi connectivity index (χ1) is 12.7. The van der Waals surface area contributed by atoms with Crippen LogP contribution in [0.5, 0.6) is 0 Å². The van der Waals surface area contributed by atoms with Crippen LogP contribution in [0.3, 0.4) is 0 Å². The Morgan fingerprint density at radius 3 is 2.69 bits per heavy atom. The quantitative estimate of drug-likeness (QED) is 0.853. The standard InChI is InChI=1S/C19H24FN5O/c1-2-24-11-13-25(14-12-24)19-22-10-8-17(23-19)18(26)21-9-7-15-5-3-4-6-16(15)20/h3-6,8,10H,2,7,9,11-14H2,1H3,(H,21,26). The van der Waals surface area contributed by atoms with E-state index >= 15 is 0 Å². The number of halogens is 1. The largest absolute Gasteiger partial charge is 0.350 e. The molecule has 26 heavy (non-hydrogen) atoms. The minimum absolute atomic E-state index is 0.253. The average Bonchev–Trinajstić information content (AvgIpc) is 2.69. The Morgan fingerprint density at radius 1 is 1.19 bits per heavy atom. The van der Waals surface area contributed by atoms with E-state index in [9.17, 15) is 9.18 Å². The second-order valence-electron chi connectivity index (χ2n) is 6.26. The van der Waals surface area contributed by atoms with Crippen LogP contribution in [0.1, 0.15) is 23.0 Å². The Bertz CT molecular complexity index is 746. The summed E-state index contributed by atoms with van der Waals surface area (Å²) in [5, 5.41) is 2.80. The molecule has 0 atom stereocenters. The van der Waals surface area contributed by atoms with Gasteiger partial charge in [0.05, 0.1) is 0 Å². The van der Waals surface area contributed by atoms with Gasteiger partial charge >= 0.3 is 0 Å². The molecule has 1 saturated heterocycles. The predicted octanol–water partition coefficient (Wildman–Crippen LogP) is 1.73. The second-order valence-corrected chi connectivity index (χ2v) is 6.26. The van der Waals surface area contributed by atoms with Crippen molar-refractivity contribution in [2.75, 3.05) is 44.2 Å². The maximum absolute atomic E-state index is 13.6. The van der Waals surface area contributed by atoms with E-state index in [2.05, 4.69) is 32.0 Å². The predicted molar refractivity (Wildman–Crippen MR) is 98.8 cm³/mol. The molecular weight excluding hydrogens is 333 g/mol. The minimum atomic E-state index is -0.266. The van der Waals surface area contributed by atoms with E-state index in [4.69, 9.17) is 0 Å². The summed E-state index contributed by atoms with van der Waals surface area (Å²) in [6.07, 6.45) is 2.05. The van der Waals surface area contributed by atoms with E-state index in [0.29, 0.717) is 30.2 Å². The molecule has 6 nitrogen and oxygen atoms in total. The summed E-state index contributed by atoms with van der Waals surface area (Å²) in [4.78, 5) is 25.5. The van der Waals surface area contributed by atoms with Crippen molar-refractivity contribution in [3.05, 3.63) is 53.6 Å². The van der Waals surface area contributed by atoms with Crippen molar-refractivity contribution >= 4 is 11.9 Å². The molecule has 3 rings (SSSR count). The van der Waals surface area contributed by atoms with E-state index in [0.717, 1.165) is 32.7 Å². The highest BCUT2D eigenvalue weighted by Gasteiger charge is 2.19. The molecule has 138 valence electrons. The van der Waals surface area contributed by atoms with Crippen LogP contribution in [0.25, 0.3) is 0 Å². The first kappa shape index (κ1) is 18.3. The molecule has 0 spiro atoms. The summed E-state index contributed by atoms with van der Waals surface area (Å²) in [7, 11) is 0. The summed E-state index contributed by atoms with van der Waals surface area (Å²) < 4.78 is 13.6. The highest BCUT2D eigenvalue weighted by Crippen LogP contribution is 2.11. The molecule has 1 aliphatic rings. The maximum atomic E-state index is 13.6. The molecule has 1 amide bonds. The lowest BCUT2D eigenvalue weighted by Gasteiger charge is -2.34. The molecule has 1 aromatic carbocycles. The zero-order valence-corrected chi connectivity index (χ0v) is 15.0. The van der Waals surface area contributed by atoms with Gasteiger partial charge in [0.1, 0.15) is 11.5 Å². The van der Waals surface area contributed by atoms with Gasteiger partial charge in [-0.05, 0) is 30.7 Å². The van der Waals surface area contributed by atoms with Gasteiger partial charge in [-0.15, -0.1) is 0 Å². The number of nitrogens with zero attached hydrogens (tertiary/aromatic N) is 4. The maximum Gasteiger partial charge on any atom is 0.270 e. The van der Waals surface area contributed by atoms with Crippen LogP contribution in [0.2, 0.25) is 0 Å².